The summed E-state index contributed by atoms with van der Waals surface area (Å²) in [4.78, 5) is 35.7. The first-order chi connectivity index (χ1) is 17.2. The summed E-state index contributed by atoms with van der Waals surface area (Å²) in [5, 5.41) is 4.99. The van der Waals surface area contributed by atoms with Crippen LogP contribution in [-0.2, 0) is 6.54 Å². The van der Waals surface area contributed by atoms with Gasteiger partial charge >= 0.3 is 5.95 Å². The first kappa shape index (κ1) is 23.1. The maximum absolute atomic E-state index is 12.3. The molecule has 35 heavy (non-hydrogen) atoms. The van der Waals surface area contributed by atoms with Crippen molar-refractivity contribution in [2.24, 2.45) is 0 Å². The summed E-state index contributed by atoms with van der Waals surface area (Å²) in [6.07, 6.45) is 9.41. The van der Waals surface area contributed by atoms with Gasteiger partial charge in [0.2, 0.25) is 0 Å². The zero-order valence-electron chi connectivity index (χ0n) is 19.5. The van der Waals surface area contributed by atoms with E-state index in [4.69, 9.17) is 4.98 Å². The number of aromatic amines is 2. The molecular formula is C25H27N8OS+. The number of piperidine rings is 1. The van der Waals surface area contributed by atoms with Gasteiger partial charge in [-0.1, -0.05) is 17.9 Å². The monoisotopic (exact) mass is 487 g/mol. The average molecular weight is 488 g/mol. The van der Waals surface area contributed by atoms with Crippen molar-refractivity contribution in [2.45, 2.75) is 25.3 Å². The molecule has 1 unspecified atom stereocenters. The van der Waals surface area contributed by atoms with E-state index in [1.54, 1.807) is 29.8 Å². The van der Waals surface area contributed by atoms with E-state index in [9.17, 15) is 4.79 Å². The number of hydrogen-bond acceptors (Lipinski definition) is 7. The van der Waals surface area contributed by atoms with Crippen LogP contribution in [0.15, 0.2) is 53.3 Å². The van der Waals surface area contributed by atoms with Crippen molar-refractivity contribution in [3.63, 3.8) is 0 Å². The molecule has 178 valence electrons. The highest BCUT2D eigenvalue weighted by atomic mass is 32.1. The Hall–Kier alpha value is -3.65. The minimum Gasteiger partial charge on any atom is -0.310 e. The SMILES string of the molecule is CNCC#Cc1cnc(-[n+]2c[nH]c(CN3CCCC(c4nc(-c5cccs5)cc(=O)[nH]4)C3)c2)nc1. The van der Waals surface area contributed by atoms with E-state index in [-0.39, 0.29) is 11.5 Å². The lowest BCUT2D eigenvalue weighted by molar-refractivity contribution is -0.602. The van der Waals surface area contributed by atoms with Crippen LogP contribution >= 0.6 is 11.3 Å². The van der Waals surface area contributed by atoms with E-state index in [1.165, 1.54) is 0 Å². The Bertz CT molecular complexity index is 1380. The molecule has 4 aromatic heterocycles. The number of likely N-dealkylation sites (tertiary alicyclic amines) is 1. The molecule has 0 radical (unpaired) electrons. The third-order valence-corrected chi connectivity index (χ3v) is 6.76. The summed E-state index contributed by atoms with van der Waals surface area (Å²) >= 11 is 1.60. The van der Waals surface area contributed by atoms with Gasteiger partial charge in [-0.3, -0.25) is 14.7 Å². The number of thiophene rings is 1. The molecule has 3 N–H and O–H groups in total. The number of H-pyrrole nitrogens is 2. The molecule has 0 bridgehead atoms. The molecular weight excluding hydrogens is 460 g/mol. The summed E-state index contributed by atoms with van der Waals surface area (Å²) in [6, 6.07) is 5.56. The fraction of sp³-hybridized carbons (Fsp3) is 0.320. The molecule has 5 heterocycles. The van der Waals surface area contributed by atoms with Crippen LogP contribution in [0.2, 0.25) is 0 Å². The van der Waals surface area contributed by atoms with Crippen LogP contribution in [-0.4, -0.2) is 56.5 Å². The third kappa shape index (κ3) is 5.71. The highest BCUT2D eigenvalue weighted by Gasteiger charge is 2.25. The second kappa shape index (κ2) is 10.7. The van der Waals surface area contributed by atoms with Gasteiger partial charge in [0.25, 0.3) is 5.56 Å². The first-order valence-corrected chi connectivity index (χ1v) is 12.5. The lowest BCUT2D eigenvalue weighted by Crippen LogP contribution is -2.35. The van der Waals surface area contributed by atoms with Gasteiger partial charge in [-0.15, -0.1) is 21.3 Å². The second-order valence-electron chi connectivity index (χ2n) is 8.51. The van der Waals surface area contributed by atoms with Crippen molar-refractivity contribution in [1.29, 1.82) is 0 Å². The van der Waals surface area contributed by atoms with Gasteiger partial charge in [-0.05, 0) is 37.9 Å². The van der Waals surface area contributed by atoms with Crippen molar-refractivity contribution in [2.75, 3.05) is 26.7 Å². The molecule has 0 aromatic carbocycles. The molecule has 1 saturated heterocycles. The minimum absolute atomic E-state index is 0.0973. The largest absolute Gasteiger partial charge is 0.388 e. The maximum Gasteiger partial charge on any atom is 0.388 e. The highest BCUT2D eigenvalue weighted by molar-refractivity contribution is 7.13. The molecule has 9 nitrogen and oxygen atoms in total. The minimum atomic E-state index is -0.0973. The van der Waals surface area contributed by atoms with E-state index in [0.29, 0.717) is 12.5 Å². The molecule has 1 fully saturated rings. The van der Waals surface area contributed by atoms with Crippen molar-refractivity contribution < 1.29 is 4.57 Å². The Labute approximate surface area is 207 Å². The van der Waals surface area contributed by atoms with E-state index in [1.807, 2.05) is 41.7 Å². The normalized spacial score (nSPS) is 16.1. The molecule has 0 amide bonds. The van der Waals surface area contributed by atoms with E-state index < -0.39 is 0 Å². The quantitative estimate of drug-likeness (QED) is 0.283. The summed E-state index contributed by atoms with van der Waals surface area (Å²) in [7, 11) is 1.86. The topological polar surface area (TPSA) is 106 Å². The summed E-state index contributed by atoms with van der Waals surface area (Å²) < 4.78 is 1.88. The molecule has 5 rings (SSSR count). The number of aromatic nitrogens is 6. The second-order valence-corrected chi connectivity index (χ2v) is 9.45. The number of hydrogen-bond donors (Lipinski definition) is 3. The molecule has 1 atom stereocenters. The Kier molecular flexibility index (Phi) is 7.09. The van der Waals surface area contributed by atoms with Crippen LogP contribution < -0.4 is 15.4 Å². The van der Waals surface area contributed by atoms with Crippen LogP contribution in [0.5, 0.6) is 0 Å². The third-order valence-electron chi connectivity index (χ3n) is 5.87. The molecule has 1 aliphatic heterocycles. The fourth-order valence-electron chi connectivity index (χ4n) is 4.23. The Morgan fingerprint density at radius 2 is 2.23 bits per heavy atom. The number of nitrogens with zero attached hydrogens (tertiary/aromatic N) is 5. The van der Waals surface area contributed by atoms with Crippen LogP contribution in [0.25, 0.3) is 16.5 Å². The molecule has 1 aliphatic rings. The Morgan fingerprint density at radius 1 is 1.34 bits per heavy atom. The van der Waals surface area contributed by atoms with E-state index in [2.05, 4.69) is 42.0 Å². The number of imidazole rings is 1. The van der Waals surface area contributed by atoms with Gasteiger partial charge in [0, 0.05) is 18.5 Å². The van der Waals surface area contributed by atoms with Gasteiger partial charge in [0.1, 0.15) is 23.9 Å². The van der Waals surface area contributed by atoms with E-state index >= 15 is 0 Å². The summed E-state index contributed by atoms with van der Waals surface area (Å²) in [6.45, 7) is 3.24. The van der Waals surface area contributed by atoms with E-state index in [0.717, 1.165) is 60.1 Å². The first-order valence-electron chi connectivity index (χ1n) is 11.6. The van der Waals surface area contributed by atoms with Crippen LogP contribution in [0.1, 0.15) is 35.8 Å². The molecule has 0 spiro atoms. The molecule has 4 aromatic rings. The smallest absolute Gasteiger partial charge is 0.310 e. The average Bonchev–Trinajstić information content (AvgIpc) is 3.57. The highest BCUT2D eigenvalue weighted by Crippen LogP contribution is 2.27. The van der Waals surface area contributed by atoms with Gasteiger partial charge in [0.15, 0.2) is 6.33 Å². The van der Waals surface area contributed by atoms with Crippen molar-refractivity contribution >= 4 is 11.3 Å². The zero-order chi connectivity index (χ0) is 24.0. The van der Waals surface area contributed by atoms with Crippen molar-refractivity contribution in [1.82, 2.24) is 35.1 Å². The predicted molar refractivity (Wildman–Crippen MR) is 134 cm³/mol. The standard InChI is InChI=1S/C25H26N8OS/c1-26-8-2-5-18-12-27-25(28-13-18)33-16-20(29-17-33)15-32-9-3-6-19(14-32)24-30-21(11-23(34)31-24)22-7-4-10-35-22/h4,7,10-13,16-17,19,26H,3,6,8-9,14-15H2,1H3,(H,30,31,34)/p+1. The number of nitrogens with one attached hydrogen (secondary N) is 3. The zero-order valence-corrected chi connectivity index (χ0v) is 20.3. The Balaban J connectivity index is 1.25. The molecule has 0 aliphatic carbocycles. The van der Waals surface area contributed by atoms with Gasteiger partial charge in [-0.25, -0.2) is 4.98 Å². The van der Waals surface area contributed by atoms with Crippen LogP contribution in [0.3, 0.4) is 0 Å². The lowest BCUT2D eigenvalue weighted by atomic mass is 9.97. The van der Waals surface area contributed by atoms with Crippen LogP contribution in [0.4, 0.5) is 0 Å². The van der Waals surface area contributed by atoms with Gasteiger partial charge < -0.3 is 10.3 Å². The summed E-state index contributed by atoms with van der Waals surface area (Å²) in [5.74, 6) is 7.60. The molecule has 10 heteroatoms. The van der Waals surface area contributed by atoms with Crippen LogP contribution in [0, 0.1) is 11.8 Å². The number of rotatable bonds is 6. The van der Waals surface area contributed by atoms with Gasteiger partial charge in [-0.2, -0.15) is 4.57 Å². The predicted octanol–water partition coefficient (Wildman–Crippen LogP) is 1.84. The Morgan fingerprint density at radius 3 is 3.03 bits per heavy atom. The van der Waals surface area contributed by atoms with Gasteiger partial charge in [0.05, 0.1) is 35.4 Å². The fourth-order valence-corrected chi connectivity index (χ4v) is 4.92. The molecule has 0 saturated carbocycles. The lowest BCUT2D eigenvalue weighted by Gasteiger charge is -2.31. The van der Waals surface area contributed by atoms with Crippen molar-refractivity contribution in [3.8, 4) is 28.4 Å². The summed E-state index contributed by atoms with van der Waals surface area (Å²) in [5.41, 5.74) is 2.51. The maximum atomic E-state index is 12.3. The van der Waals surface area contributed by atoms with Crippen molar-refractivity contribution in [3.05, 3.63) is 75.9 Å².